The third-order valence-corrected chi connectivity index (χ3v) is 5.04. The van der Waals surface area contributed by atoms with E-state index in [-0.39, 0.29) is 12.1 Å². The monoisotopic (exact) mass is 319 g/mol. The molecule has 2 aromatic rings. The first-order chi connectivity index (χ1) is 10.5. The van der Waals surface area contributed by atoms with Gasteiger partial charge < -0.3 is 10.4 Å². The smallest absolute Gasteiger partial charge is 0.125 e. The Morgan fingerprint density at radius 3 is 2.73 bits per heavy atom. The zero-order valence-electron chi connectivity index (χ0n) is 13.7. The van der Waals surface area contributed by atoms with Crippen LogP contribution >= 0.6 is 11.3 Å². The molecule has 4 nitrogen and oxygen atoms in total. The molecule has 0 aliphatic heterocycles. The molecule has 0 saturated heterocycles. The minimum atomic E-state index is -0.241. The maximum absolute atomic E-state index is 9.44. The van der Waals surface area contributed by atoms with Crippen molar-refractivity contribution in [1.29, 1.82) is 0 Å². The van der Waals surface area contributed by atoms with E-state index in [1.807, 2.05) is 25.3 Å². The van der Waals surface area contributed by atoms with Crippen molar-refractivity contribution in [1.82, 2.24) is 15.3 Å². The standard InChI is InChI=1S/C17H25N3OS/c1-11(8-12(2)21)9-19-13(3)16-14(4)20-17(22-16)15-6-5-7-18-10-15/h5-7,10-13,19,21H,8-9H2,1-4H3. The van der Waals surface area contributed by atoms with E-state index >= 15 is 0 Å². The highest BCUT2D eigenvalue weighted by molar-refractivity contribution is 7.15. The lowest BCUT2D eigenvalue weighted by atomic mass is 10.0. The fourth-order valence-corrected chi connectivity index (χ4v) is 3.64. The third-order valence-electron chi connectivity index (χ3n) is 3.65. The summed E-state index contributed by atoms with van der Waals surface area (Å²) in [4.78, 5) is 10.1. The molecule has 22 heavy (non-hydrogen) atoms. The fourth-order valence-electron chi connectivity index (χ4n) is 2.56. The molecule has 2 N–H and O–H groups in total. The molecular weight excluding hydrogens is 294 g/mol. The summed E-state index contributed by atoms with van der Waals surface area (Å²) in [6.45, 7) is 9.12. The number of nitrogens with one attached hydrogen (secondary N) is 1. The number of aliphatic hydroxyl groups is 1. The van der Waals surface area contributed by atoms with Crippen LogP contribution in [0, 0.1) is 12.8 Å². The molecule has 0 aliphatic carbocycles. The number of pyridine rings is 1. The molecule has 0 saturated carbocycles. The highest BCUT2D eigenvalue weighted by atomic mass is 32.1. The van der Waals surface area contributed by atoms with Crippen LogP contribution in [0.25, 0.3) is 10.6 Å². The van der Waals surface area contributed by atoms with Crippen LogP contribution in [-0.4, -0.2) is 27.7 Å². The summed E-state index contributed by atoms with van der Waals surface area (Å²) in [5.74, 6) is 0.452. The maximum Gasteiger partial charge on any atom is 0.125 e. The molecule has 3 unspecified atom stereocenters. The van der Waals surface area contributed by atoms with E-state index in [1.54, 1.807) is 17.5 Å². The largest absolute Gasteiger partial charge is 0.393 e. The van der Waals surface area contributed by atoms with Crippen molar-refractivity contribution < 1.29 is 5.11 Å². The zero-order valence-corrected chi connectivity index (χ0v) is 14.5. The van der Waals surface area contributed by atoms with Crippen molar-refractivity contribution in [2.45, 2.75) is 46.3 Å². The summed E-state index contributed by atoms with van der Waals surface area (Å²) in [6.07, 6.45) is 4.21. The number of aliphatic hydroxyl groups excluding tert-OH is 1. The first-order valence-corrected chi connectivity index (χ1v) is 8.58. The number of aromatic nitrogens is 2. The Morgan fingerprint density at radius 2 is 2.09 bits per heavy atom. The molecule has 0 aliphatic rings. The van der Waals surface area contributed by atoms with Crippen molar-refractivity contribution in [3.8, 4) is 10.6 Å². The normalized spacial score (nSPS) is 15.5. The van der Waals surface area contributed by atoms with Gasteiger partial charge in [0.25, 0.3) is 0 Å². The van der Waals surface area contributed by atoms with Gasteiger partial charge in [-0.2, -0.15) is 0 Å². The van der Waals surface area contributed by atoms with Gasteiger partial charge in [-0.3, -0.25) is 4.98 Å². The molecule has 120 valence electrons. The topological polar surface area (TPSA) is 58.0 Å². The molecule has 0 radical (unpaired) electrons. The van der Waals surface area contributed by atoms with Gasteiger partial charge in [0.15, 0.2) is 0 Å². The Balaban J connectivity index is 2.01. The molecule has 0 amide bonds. The van der Waals surface area contributed by atoms with Gasteiger partial charge in [-0.15, -0.1) is 11.3 Å². The van der Waals surface area contributed by atoms with Crippen LogP contribution in [0.2, 0.25) is 0 Å². The van der Waals surface area contributed by atoms with Gasteiger partial charge in [-0.05, 0) is 51.8 Å². The van der Waals surface area contributed by atoms with Gasteiger partial charge in [0, 0.05) is 28.9 Å². The predicted octanol–water partition coefficient (Wildman–Crippen LogP) is 3.57. The average molecular weight is 319 g/mol. The number of aryl methyl sites for hydroxylation is 1. The molecule has 0 spiro atoms. The average Bonchev–Trinajstić information content (AvgIpc) is 2.87. The molecule has 2 aromatic heterocycles. The number of nitrogens with zero attached hydrogens (tertiary/aromatic N) is 2. The van der Waals surface area contributed by atoms with Crippen molar-refractivity contribution in [3.63, 3.8) is 0 Å². The summed E-state index contributed by atoms with van der Waals surface area (Å²) in [5.41, 5.74) is 2.14. The molecule has 5 heteroatoms. The molecular formula is C17H25N3OS. The van der Waals surface area contributed by atoms with Crippen LogP contribution in [0.3, 0.4) is 0 Å². The second-order valence-electron chi connectivity index (χ2n) is 6.03. The number of hydrogen-bond acceptors (Lipinski definition) is 5. The van der Waals surface area contributed by atoms with Crippen molar-refractivity contribution in [2.75, 3.05) is 6.54 Å². The van der Waals surface area contributed by atoms with Crippen LogP contribution in [0.1, 0.15) is 43.8 Å². The van der Waals surface area contributed by atoms with Crippen LogP contribution in [-0.2, 0) is 0 Å². The van der Waals surface area contributed by atoms with Gasteiger partial charge in [-0.1, -0.05) is 6.92 Å². The van der Waals surface area contributed by atoms with Crippen molar-refractivity contribution in [3.05, 3.63) is 35.1 Å². The summed E-state index contributed by atoms with van der Waals surface area (Å²) in [7, 11) is 0. The summed E-state index contributed by atoms with van der Waals surface area (Å²) in [5, 5.41) is 14.0. The number of thiazole rings is 1. The Morgan fingerprint density at radius 1 is 1.32 bits per heavy atom. The summed E-state index contributed by atoms with van der Waals surface area (Å²) < 4.78 is 0. The second-order valence-corrected chi connectivity index (χ2v) is 7.06. The Hall–Kier alpha value is -1.30. The van der Waals surface area contributed by atoms with E-state index in [0.717, 1.165) is 29.2 Å². The molecule has 0 fully saturated rings. The minimum absolute atomic E-state index is 0.241. The van der Waals surface area contributed by atoms with Gasteiger partial charge in [0.05, 0.1) is 11.8 Å². The molecule has 3 atom stereocenters. The van der Waals surface area contributed by atoms with Crippen molar-refractivity contribution >= 4 is 11.3 Å². The van der Waals surface area contributed by atoms with Gasteiger partial charge in [-0.25, -0.2) is 4.98 Å². The lowest BCUT2D eigenvalue weighted by Crippen LogP contribution is -2.26. The third kappa shape index (κ3) is 4.60. The van der Waals surface area contributed by atoms with Crippen LogP contribution in [0.4, 0.5) is 0 Å². The first-order valence-electron chi connectivity index (χ1n) is 7.76. The fraction of sp³-hybridized carbons (Fsp3) is 0.529. The van der Waals surface area contributed by atoms with E-state index in [2.05, 4.69) is 36.1 Å². The lowest BCUT2D eigenvalue weighted by molar-refractivity contribution is 0.162. The highest BCUT2D eigenvalue weighted by Gasteiger charge is 2.16. The van der Waals surface area contributed by atoms with E-state index < -0.39 is 0 Å². The van der Waals surface area contributed by atoms with Crippen LogP contribution in [0.5, 0.6) is 0 Å². The van der Waals surface area contributed by atoms with Crippen LogP contribution in [0.15, 0.2) is 24.5 Å². The van der Waals surface area contributed by atoms with E-state index in [4.69, 9.17) is 0 Å². The van der Waals surface area contributed by atoms with Crippen LogP contribution < -0.4 is 5.32 Å². The van der Waals surface area contributed by atoms with Gasteiger partial charge in [0.1, 0.15) is 5.01 Å². The van der Waals surface area contributed by atoms with Gasteiger partial charge >= 0.3 is 0 Å². The maximum atomic E-state index is 9.44. The second kappa shape index (κ2) is 7.81. The van der Waals surface area contributed by atoms with E-state index in [1.165, 1.54) is 4.88 Å². The highest BCUT2D eigenvalue weighted by Crippen LogP contribution is 2.31. The molecule has 2 rings (SSSR count). The zero-order chi connectivity index (χ0) is 16.1. The Bertz CT molecular complexity index is 583. The summed E-state index contributed by atoms with van der Waals surface area (Å²) >= 11 is 1.72. The number of hydrogen-bond donors (Lipinski definition) is 2. The minimum Gasteiger partial charge on any atom is -0.393 e. The quantitative estimate of drug-likeness (QED) is 0.819. The van der Waals surface area contributed by atoms with E-state index in [0.29, 0.717) is 5.92 Å². The molecule has 0 bridgehead atoms. The first kappa shape index (κ1) is 17.1. The van der Waals surface area contributed by atoms with Crippen molar-refractivity contribution in [2.24, 2.45) is 5.92 Å². The summed E-state index contributed by atoms with van der Waals surface area (Å²) in [6, 6.07) is 4.24. The SMILES string of the molecule is Cc1nc(-c2cccnc2)sc1C(C)NCC(C)CC(C)O. The van der Waals surface area contributed by atoms with E-state index in [9.17, 15) is 5.11 Å². The molecule has 0 aromatic carbocycles. The van der Waals surface area contributed by atoms with Gasteiger partial charge in [0.2, 0.25) is 0 Å². The molecule has 2 heterocycles. The Kier molecular flexibility index (Phi) is 6.06. The predicted molar refractivity (Wildman–Crippen MR) is 92.0 cm³/mol. The lowest BCUT2D eigenvalue weighted by Gasteiger charge is -2.18. The number of rotatable bonds is 7. The Labute approximate surface area is 136 Å².